The second-order valence-corrected chi connectivity index (χ2v) is 2.18. The SMILES string of the molecule is C[C@@H]1C[C@H](CO)N1. The first-order valence-electron chi connectivity index (χ1n) is 2.70. The van der Waals surface area contributed by atoms with Crippen molar-refractivity contribution in [1.29, 1.82) is 0 Å². The third-order valence-corrected chi connectivity index (χ3v) is 1.38. The molecule has 1 saturated heterocycles. The number of aliphatic hydroxyl groups is 1. The summed E-state index contributed by atoms with van der Waals surface area (Å²) in [5.41, 5.74) is 0. The Morgan fingerprint density at radius 3 is 2.57 bits per heavy atom. The number of rotatable bonds is 1. The van der Waals surface area contributed by atoms with Crippen LogP contribution in [0.3, 0.4) is 0 Å². The molecule has 0 unspecified atom stereocenters. The highest BCUT2D eigenvalue weighted by molar-refractivity contribution is 4.83. The van der Waals surface area contributed by atoms with Gasteiger partial charge in [0.1, 0.15) is 0 Å². The van der Waals surface area contributed by atoms with Crippen molar-refractivity contribution < 1.29 is 5.11 Å². The molecule has 2 atom stereocenters. The minimum Gasteiger partial charge on any atom is -0.395 e. The van der Waals surface area contributed by atoms with E-state index in [4.69, 9.17) is 5.11 Å². The predicted octanol–water partition coefficient (Wildman–Crippen LogP) is -0.271. The average Bonchev–Trinajstić information content (AvgIpc) is 1.58. The molecule has 0 amide bonds. The molecule has 1 fully saturated rings. The highest BCUT2D eigenvalue weighted by atomic mass is 16.3. The van der Waals surface area contributed by atoms with E-state index in [1.807, 2.05) is 0 Å². The lowest BCUT2D eigenvalue weighted by atomic mass is 10.00. The van der Waals surface area contributed by atoms with Crippen molar-refractivity contribution in [2.45, 2.75) is 25.4 Å². The maximum atomic E-state index is 8.44. The van der Waals surface area contributed by atoms with Gasteiger partial charge in [-0.3, -0.25) is 0 Å². The van der Waals surface area contributed by atoms with Crippen LogP contribution in [0.25, 0.3) is 0 Å². The minimum atomic E-state index is 0.296. The summed E-state index contributed by atoms with van der Waals surface area (Å²) in [5.74, 6) is 0. The van der Waals surface area contributed by atoms with Crippen LogP contribution in [0.5, 0.6) is 0 Å². The Kier molecular flexibility index (Phi) is 1.30. The van der Waals surface area contributed by atoms with Crippen molar-refractivity contribution in [3.8, 4) is 0 Å². The van der Waals surface area contributed by atoms with Crippen LogP contribution in [0.15, 0.2) is 0 Å². The first-order chi connectivity index (χ1) is 3.33. The molecule has 2 heteroatoms. The molecule has 0 spiro atoms. The van der Waals surface area contributed by atoms with Crippen LogP contribution in [0, 0.1) is 0 Å². The fourth-order valence-electron chi connectivity index (χ4n) is 0.932. The average molecular weight is 101 g/mol. The molecule has 42 valence electrons. The molecule has 0 saturated carbocycles. The van der Waals surface area contributed by atoms with Crippen molar-refractivity contribution in [2.24, 2.45) is 0 Å². The summed E-state index contributed by atoms with van der Waals surface area (Å²) >= 11 is 0. The normalized spacial score (nSPS) is 40.3. The van der Waals surface area contributed by atoms with Crippen LogP contribution < -0.4 is 5.32 Å². The summed E-state index contributed by atoms with van der Waals surface area (Å²) < 4.78 is 0. The summed E-state index contributed by atoms with van der Waals surface area (Å²) in [5, 5.41) is 11.6. The predicted molar refractivity (Wildman–Crippen MR) is 28.1 cm³/mol. The summed E-state index contributed by atoms with van der Waals surface area (Å²) in [4.78, 5) is 0. The van der Waals surface area contributed by atoms with Gasteiger partial charge >= 0.3 is 0 Å². The largest absolute Gasteiger partial charge is 0.395 e. The quantitative estimate of drug-likeness (QED) is 0.476. The molecule has 0 aromatic heterocycles. The second kappa shape index (κ2) is 1.80. The number of hydrogen-bond acceptors (Lipinski definition) is 2. The Morgan fingerprint density at radius 1 is 1.86 bits per heavy atom. The standard InChI is InChI=1S/C5H11NO/c1-4-2-5(3-7)6-4/h4-7H,2-3H2,1H3/t4-,5-/m1/s1. The Morgan fingerprint density at radius 2 is 2.43 bits per heavy atom. The highest BCUT2D eigenvalue weighted by Gasteiger charge is 2.22. The molecular formula is C5H11NO. The summed E-state index contributed by atoms with van der Waals surface area (Å²) in [7, 11) is 0. The van der Waals surface area contributed by atoms with E-state index in [1.165, 1.54) is 0 Å². The highest BCUT2D eigenvalue weighted by Crippen LogP contribution is 2.08. The van der Waals surface area contributed by atoms with Gasteiger partial charge in [-0.2, -0.15) is 0 Å². The van der Waals surface area contributed by atoms with E-state index < -0.39 is 0 Å². The van der Waals surface area contributed by atoms with Gasteiger partial charge in [0.2, 0.25) is 0 Å². The molecule has 0 aromatic rings. The van der Waals surface area contributed by atoms with E-state index in [2.05, 4.69) is 12.2 Å². The maximum absolute atomic E-state index is 8.44. The summed E-state index contributed by atoms with van der Waals surface area (Å²) in [6.07, 6.45) is 1.14. The molecule has 0 bridgehead atoms. The van der Waals surface area contributed by atoms with Crippen LogP contribution >= 0.6 is 0 Å². The zero-order chi connectivity index (χ0) is 5.28. The zero-order valence-corrected chi connectivity index (χ0v) is 4.52. The van der Waals surface area contributed by atoms with Crippen molar-refractivity contribution in [1.82, 2.24) is 5.32 Å². The maximum Gasteiger partial charge on any atom is 0.0585 e. The topological polar surface area (TPSA) is 32.3 Å². The fourth-order valence-corrected chi connectivity index (χ4v) is 0.932. The van der Waals surface area contributed by atoms with Crippen LogP contribution in [0.4, 0.5) is 0 Å². The van der Waals surface area contributed by atoms with E-state index >= 15 is 0 Å². The smallest absolute Gasteiger partial charge is 0.0585 e. The third-order valence-electron chi connectivity index (χ3n) is 1.38. The van der Waals surface area contributed by atoms with Crippen molar-refractivity contribution in [3.63, 3.8) is 0 Å². The molecule has 0 aromatic carbocycles. The molecular weight excluding hydrogens is 90.1 g/mol. The van der Waals surface area contributed by atoms with E-state index in [0.717, 1.165) is 6.42 Å². The van der Waals surface area contributed by atoms with E-state index in [-0.39, 0.29) is 0 Å². The van der Waals surface area contributed by atoms with Crippen LogP contribution in [0.1, 0.15) is 13.3 Å². The van der Waals surface area contributed by atoms with Crippen LogP contribution in [-0.2, 0) is 0 Å². The van der Waals surface area contributed by atoms with Gasteiger partial charge < -0.3 is 10.4 Å². The molecule has 2 nitrogen and oxygen atoms in total. The monoisotopic (exact) mass is 101 g/mol. The lowest BCUT2D eigenvalue weighted by Gasteiger charge is -2.33. The minimum absolute atomic E-state index is 0.296. The summed E-state index contributed by atoms with van der Waals surface area (Å²) in [6.45, 7) is 2.41. The van der Waals surface area contributed by atoms with Gasteiger partial charge in [-0.25, -0.2) is 0 Å². The molecule has 1 aliphatic heterocycles. The lowest BCUT2D eigenvalue weighted by Crippen LogP contribution is -2.52. The van der Waals surface area contributed by atoms with Gasteiger partial charge in [0.05, 0.1) is 6.61 Å². The molecule has 1 heterocycles. The molecule has 1 rings (SSSR count). The Labute approximate surface area is 43.5 Å². The molecule has 7 heavy (non-hydrogen) atoms. The van der Waals surface area contributed by atoms with Gasteiger partial charge in [0, 0.05) is 12.1 Å². The molecule has 2 N–H and O–H groups in total. The first kappa shape index (κ1) is 5.06. The van der Waals surface area contributed by atoms with E-state index in [9.17, 15) is 0 Å². The van der Waals surface area contributed by atoms with Crippen molar-refractivity contribution in [3.05, 3.63) is 0 Å². The van der Waals surface area contributed by atoms with Gasteiger partial charge in [-0.05, 0) is 13.3 Å². The fraction of sp³-hybridized carbons (Fsp3) is 1.00. The van der Waals surface area contributed by atoms with Crippen molar-refractivity contribution in [2.75, 3.05) is 6.61 Å². The third kappa shape index (κ3) is 0.924. The van der Waals surface area contributed by atoms with Gasteiger partial charge in [-0.1, -0.05) is 0 Å². The number of hydrogen-bond donors (Lipinski definition) is 2. The van der Waals surface area contributed by atoms with Gasteiger partial charge in [-0.15, -0.1) is 0 Å². The molecule has 0 radical (unpaired) electrons. The lowest BCUT2D eigenvalue weighted by molar-refractivity contribution is 0.166. The van der Waals surface area contributed by atoms with E-state index in [0.29, 0.717) is 18.7 Å². The number of nitrogens with one attached hydrogen (secondary N) is 1. The second-order valence-electron chi connectivity index (χ2n) is 2.18. The van der Waals surface area contributed by atoms with Crippen LogP contribution in [-0.4, -0.2) is 23.8 Å². The van der Waals surface area contributed by atoms with Crippen LogP contribution in [0.2, 0.25) is 0 Å². The Hall–Kier alpha value is -0.0800. The van der Waals surface area contributed by atoms with Gasteiger partial charge in [0.25, 0.3) is 0 Å². The van der Waals surface area contributed by atoms with Gasteiger partial charge in [0.15, 0.2) is 0 Å². The summed E-state index contributed by atoms with van der Waals surface area (Å²) in [6, 6.07) is 1.03. The van der Waals surface area contributed by atoms with E-state index in [1.54, 1.807) is 0 Å². The zero-order valence-electron chi connectivity index (χ0n) is 4.52. The Bertz CT molecular complexity index is 59.1. The Balaban J connectivity index is 2.06. The van der Waals surface area contributed by atoms with Crippen molar-refractivity contribution >= 4 is 0 Å². The number of aliphatic hydroxyl groups excluding tert-OH is 1. The molecule has 0 aliphatic carbocycles. The first-order valence-corrected chi connectivity index (χ1v) is 2.70. The molecule has 1 aliphatic rings.